The standard InChI is InChI=1S/C34H38FN9O/c1-20(2)28-19-39-44-30(28)42-32(41-25-12-14-34(4,5)38-18-25)43-33(44)37-17-23-8-6-7-9-26(23)29-27-11-10-24(40-31(45)21(3)35)16-22(27)13-15-36-29/h6-11,13,15-16,19-20,25,38H,3,12,14,17-18H2,1-2,4-5H3,(H,40,45)(H2,37,41,42,43). The maximum absolute atomic E-state index is 13.3. The van der Waals surface area contributed by atoms with Crippen molar-refractivity contribution in [3.63, 3.8) is 0 Å². The first-order chi connectivity index (χ1) is 21.6. The van der Waals surface area contributed by atoms with Gasteiger partial charge in [0.15, 0.2) is 11.5 Å². The summed E-state index contributed by atoms with van der Waals surface area (Å²) in [6, 6.07) is 15.5. The second-order valence-electron chi connectivity index (χ2n) is 12.5. The molecule has 1 aliphatic heterocycles. The Balaban J connectivity index is 1.30. The zero-order chi connectivity index (χ0) is 31.7. The first kappa shape index (κ1) is 30.1. The van der Waals surface area contributed by atoms with Gasteiger partial charge in [0.1, 0.15) is 0 Å². The summed E-state index contributed by atoms with van der Waals surface area (Å²) in [4.78, 5) is 26.3. The van der Waals surface area contributed by atoms with Crippen molar-refractivity contribution in [2.45, 2.75) is 64.6 Å². The fourth-order valence-electron chi connectivity index (χ4n) is 5.66. The summed E-state index contributed by atoms with van der Waals surface area (Å²) in [5.41, 5.74) is 5.19. The molecule has 1 saturated heterocycles. The Hall–Kier alpha value is -4.90. The second-order valence-corrected chi connectivity index (χ2v) is 12.5. The lowest BCUT2D eigenvalue weighted by Gasteiger charge is -2.36. The molecule has 232 valence electrons. The van der Waals surface area contributed by atoms with Crippen molar-refractivity contribution in [1.29, 1.82) is 0 Å². The Morgan fingerprint density at radius 1 is 1.18 bits per heavy atom. The van der Waals surface area contributed by atoms with E-state index in [1.165, 1.54) is 0 Å². The van der Waals surface area contributed by atoms with Gasteiger partial charge in [-0.05, 0) is 61.8 Å². The Kier molecular flexibility index (Phi) is 8.20. The Morgan fingerprint density at radius 2 is 2.00 bits per heavy atom. The minimum absolute atomic E-state index is 0.126. The van der Waals surface area contributed by atoms with Crippen molar-refractivity contribution in [3.05, 3.63) is 84.5 Å². The van der Waals surface area contributed by atoms with E-state index in [9.17, 15) is 9.18 Å². The maximum Gasteiger partial charge on any atom is 0.283 e. The van der Waals surface area contributed by atoms with Crippen molar-refractivity contribution in [2.75, 3.05) is 22.5 Å². The lowest BCUT2D eigenvalue weighted by molar-refractivity contribution is -0.114. The summed E-state index contributed by atoms with van der Waals surface area (Å²) in [6.45, 7) is 13.1. The zero-order valence-electron chi connectivity index (χ0n) is 26.0. The minimum atomic E-state index is -1.04. The van der Waals surface area contributed by atoms with Gasteiger partial charge < -0.3 is 21.3 Å². The maximum atomic E-state index is 13.3. The predicted octanol–water partition coefficient (Wildman–Crippen LogP) is 6.44. The summed E-state index contributed by atoms with van der Waals surface area (Å²) in [7, 11) is 0. The Bertz CT molecular complexity index is 1890. The molecule has 0 radical (unpaired) electrons. The second kappa shape index (κ2) is 12.2. The number of rotatable bonds is 9. The third-order valence-electron chi connectivity index (χ3n) is 8.27. The monoisotopic (exact) mass is 607 g/mol. The smallest absolute Gasteiger partial charge is 0.283 e. The molecule has 2 aromatic carbocycles. The Morgan fingerprint density at radius 3 is 2.76 bits per heavy atom. The van der Waals surface area contributed by atoms with Crippen LogP contribution in [-0.2, 0) is 11.3 Å². The highest BCUT2D eigenvalue weighted by Crippen LogP contribution is 2.32. The number of pyridine rings is 1. The van der Waals surface area contributed by atoms with Crippen LogP contribution in [0.2, 0.25) is 0 Å². The van der Waals surface area contributed by atoms with Gasteiger partial charge in [0.25, 0.3) is 5.91 Å². The number of carbonyl (C=O) groups excluding carboxylic acids is 1. The normalized spacial score (nSPS) is 16.2. The summed E-state index contributed by atoms with van der Waals surface area (Å²) in [5.74, 6) is -0.495. The van der Waals surface area contributed by atoms with E-state index >= 15 is 0 Å². The van der Waals surface area contributed by atoms with Gasteiger partial charge in [0.05, 0.1) is 11.9 Å². The molecule has 1 amide bonds. The van der Waals surface area contributed by atoms with E-state index in [1.807, 2.05) is 36.5 Å². The van der Waals surface area contributed by atoms with Crippen LogP contribution >= 0.6 is 0 Å². The van der Waals surface area contributed by atoms with E-state index in [0.717, 1.165) is 58.2 Å². The fraction of sp³-hybridized carbons (Fsp3) is 0.324. The number of anilines is 3. The van der Waals surface area contributed by atoms with Gasteiger partial charge in [-0.1, -0.05) is 50.8 Å². The minimum Gasteiger partial charge on any atom is -0.350 e. The van der Waals surface area contributed by atoms with Gasteiger partial charge in [-0.25, -0.2) is 4.39 Å². The number of fused-ring (bicyclic) bond motifs is 2. The lowest BCUT2D eigenvalue weighted by atomic mass is 9.91. The number of hydrogen-bond acceptors (Lipinski definition) is 8. The highest BCUT2D eigenvalue weighted by atomic mass is 19.1. The first-order valence-corrected chi connectivity index (χ1v) is 15.2. The molecule has 11 heteroatoms. The molecule has 4 heterocycles. The van der Waals surface area contributed by atoms with Gasteiger partial charge in [-0.15, -0.1) is 0 Å². The number of hydrogen-bond donors (Lipinski definition) is 4. The number of piperidine rings is 1. The summed E-state index contributed by atoms with van der Waals surface area (Å²) in [6.07, 6.45) is 5.68. The summed E-state index contributed by atoms with van der Waals surface area (Å²) < 4.78 is 15.0. The van der Waals surface area contributed by atoms with E-state index < -0.39 is 11.7 Å². The number of carbonyl (C=O) groups is 1. The number of benzene rings is 2. The molecule has 1 unspecified atom stereocenters. The van der Waals surface area contributed by atoms with E-state index in [2.05, 4.69) is 66.7 Å². The number of nitrogens with one attached hydrogen (secondary N) is 4. The van der Waals surface area contributed by atoms with Crippen molar-refractivity contribution in [1.82, 2.24) is 29.9 Å². The molecular formula is C34H38FN9O. The van der Waals surface area contributed by atoms with Crippen LogP contribution in [0.15, 0.2) is 73.3 Å². The molecular weight excluding hydrogens is 569 g/mol. The first-order valence-electron chi connectivity index (χ1n) is 15.2. The summed E-state index contributed by atoms with van der Waals surface area (Å²) in [5, 5.41) is 19.6. The van der Waals surface area contributed by atoms with Gasteiger partial charge >= 0.3 is 0 Å². The molecule has 3 aromatic heterocycles. The van der Waals surface area contributed by atoms with Crippen LogP contribution in [-0.4, -0.2) is 48.6 Å². The van der Waals surface area contributed by atoms with Crippen LogP contribution in [0.25, 0.3) is 27.7 Å². The fourth-order valence-corrected chi connectivity index (χ4v) is 5.66. The van der Waals surface area contributed by atoms with Crippen molar-refractivity contribution >= 4 is 39.9 Å². The number of nitrogens with zero attached hydrogens (tertiary/aromatic N) is 5. The van der Waals surface area contributed by atoms with Gasteiger partial charge in [-0.2, -0.15) is 19.6 Å². The van der Waals surface area contributed by atoms with Crippen LogP contribution in [0.4, 0.5) is 22.0 Å². The van der Waals surface area contributed by atoms with Crippen LogP contribution in [0.3, 0.4) is 0 Å². The average molecular weight is 608 g/mol. The summed E-state index contributed by atoms with van der Waals surface area (Å²) >= 11 is 0. The van der Waals surface area contributed by atoms with E-state index in [0.29, 0.717) is 24.1 Å². The highest BCUT2D eigenvalue weighted by molar-refractivity contribution is 6.04. The van der Waals surface area contributed by atoms with Crippen LogP contribution < -0.4 is 21.3 Å². The third-order valence-corrected chi connectivity index (χ3v) is 8.27. The van der Waals surface area contributed by atoms with Crippen LogP contribution in [0, 0.1) is 0 Å². The molecule has 0 spiro atoms. The zero-order valence-corrected chi connectivity index (χ0v) is 26.0. The number of halogens is 1. The molecule has 10 nitrogen and oxygen atoms in total. The average Bonchev–Trinajstić information content (AvgIpc) is 3.45. The molecule has 45 heavy (non-hydrogen) atoms. The molecule has 0 bridgehead atoms. The SMILES string of the molecule is C=C(F)C(=O)Nc1ccc2c(-c3ccccc3CNc3nc(NC4CCC(C)(C)NC4)nc4c(C(C)C)cnn34)nccc2c1. The number of amides is 1. The molecule has 1 fully saturated rings. The molecule has 5 aromatic rings. The van der Waals surface area contributed by atoms with Crippen LogP contribution in [0.5, 0.6) is 0 Å². The quantitative estimate of drug-likeness (QED) is 0.141. The van der Waals surface area contributed by atoms with Crippen molar-refractivity contribution < 1.29 is 9.18 Å². The van der Waals surface area contributed by atoms with Gasteiger partial charge in [0.2, 0.25) is 11.9 Å². The topological polar surface area (TPSA) is 121 Å². The van der Waals surface area contributed by atoms with E-state index in [4.69, 9.17) is 15.0 Å². The molecule has 0 aliphatic carbocycles. The largest absolute Gasteiger partial charge is 0.350 e. The predicted molar refractivity (Wildman–Crippen MR) is 177 cm³/mol. The van der Waals surface area contributed by atoms with E-state index in [1.54, 1.807) is 22.8 Å². The van der Waals surface area contributed by atoms with Gasteiger partial charge in [0, 0.05) is 53.1 Å². The van der Waals surface area contributed by atoms with Crippen molar-refractivity contribution in [2.24, 2.45) is 0 Å². The third kappa shape index (κ3) is 6.48. The number of aromatic nitrogens is 5. The van der Waals surface area contributed by atoms with Gasteiger partial charge in [-0.3, -0.25) is 9.78 Å². The molecule has 1 atom stereocenters. The molecule has 4 N–H and O–H groups in total. The van der Waals surface area contributed by atoms with E-state index in [-0.39, 0.29) is 17.5 Å². The molecule has 6 rings (SSSR count). The lowest BCUT2D eigenvalue weighted by Crippen LogP contribution is -2.50. The highest BCUT2D eigenvalue weighted by Gasteiger charge is 2.27. The van der Waals surface area contributed by atoms with Crippen LogP contribution in [0.1, 0.15) is 57.6 Å². The molecule has 1 aliphatic rings. The Labute approximate surface area is 261 Å². The molecule has 0 saturated carbocycles. The van der Waals surface area contributed by atoms with Crippen molar-refractivity contribution in [3.8, 4) is 11.3 Å².